The van der Waals surface area contributed by atoms with E-state index in [0.717, 1.165) is 6.42 Å². The van der Waals surface area contributed by atoms with Gasteiger partial charge in [0.15, 0.2) is 0 Å². The van der Waals surface area contributed by atoms with Gasteiger partial charge in [0.2, 0.25) is 0 Å². The van der Waals surface area contributed by atoms with E-state index in [1.807, 2.05) is 39.0 Å². The lowest BCUT2D eigenvalue weighted by Gasteiger charge is -1.95. The van der Waals surface area contributed by atoms with Crippen molar-refractivity contribution >= 4 is 11.6 Å². The molecule has 108 valence electrons. The highest BCUT2D eigenvalue weighted by Gasteiger charge is 1.95. The molecular weight excluding hydrogens is 236 g/mol. The van der Waals surface area contributed by atoms with Gasteiger partial charge in [0.25, 0.3) is 0 Å². The maximum Gasteiger partial charge on any atom is 0.130 e. The third kappa shape index (κ3) is 22.3. The van der Waals surface area contributed by atoms with Crippen LogP contribution < -0.4 is 0 Å². The molecule has 0 saturated carbocycles. The predicted octanol–water partition coefficient (Wildman–Crippen LogP) is 4.60. The minimum Gasteiger partial charge on any atom is -0.300 e. The summed E-state index contributed by atoms with van der Waals surface area (Å²) < 4.78 is 0. The summed E-state index contributed by atoms with van der Waals surface area (Å²) in [6.45, 7) is 11.2. The summed E-state index contributed by atoms with van der Waals surface area (Å²) in [5.74, 6) is 1.07. The topological polar surface area (TPSA) is 34.1 Å². The fourth-order valence-electron chi connectivity index (χ4n) is 1.11. The standard InChI is InChI=1S/C7H8.C6H12O.C4H8O/c1-7-5-3-2-4-6-7;1-5(2)4-6(3)7;1-3-4(2)5/h2-6H,1H3;5H,4H2,1-3H3;3H2,1-2H3. The third-order valence-electron chi connectivity index (χ3n) is 2.13. The Morgan fingerprint density at radius 3 is 1.53 bits per heavy atom. The van der Waals surface area contributed by atoms with Crippen LogP contribution >= 0.6 is 0 Å². The summed E-state index contributed by atoms with van der Waals surface area (Å²) >= 11 is 0. The van der Waals surface area contributed by atoms with Gasteiger partial charge in [0, 0.05) is 12.8 Å². The number of rotatable bonds is 3. The normalized spacial score (nSPS) is 8.79. The van der Waals surface area contributed by atoms with Crippen molar-refractivity contribution in [1.82, 2.24) is 0 Å². The zero-order valence-electron chi connectivity index (χ0n) is 13.2. The van der Waals surface area contributed by atoms with Crippen LogP contribution in [0.25, 0.3) is 0 Å². The van der Waals surface area contributed by atoms with Gasteiger partial charge in [0.05, 0.1) is 0 Å². The molecule has 0 fully saturated rings. The van der Waals surface area contributed by atoms with Crippen molar-refractivity contribution in [2.75, 3.05) is 0 Å². The smallest absolute Gasteiger partial charge is 0.130 e. The molecule has 0 spiro atoms. The van der Waals surface area contributed by atoms with Crippen LogP contribution in [-0.2, 0) is 9.59 Å². The quantitative estimate of drug-likeness (QED) is 0.799. The van der Waals surface area contributed by atoms with E-state index in [-0.39, 0.29) is 11.6 Å². The van der Waals surface area contributed by atoms with Crippen molar-refractivity contribution in [3.63, 3.8) is 0 Å². The minimum absolute atomic E-state index is 0.255. The highest BCUT2D eigenvalue weighted by atomic mass is 16.1. The molecule has 1 aromatic rings. The molecular formula is C17H28O2. The minimum atomic E-state index is 0.255. The molecule has 0 atom stereocenters. The van der Waals surface area contributed by atoms with Gasteiger partial charge in [0.1, 0.15) is 11.6 Å². The van der Waals surface area contributed by atoms with E-state index in [2.05, 4.69) is 19.1 Å². The second kappa shape index (κ2) is 13.0. The molecule has 0 saturated heterocycles. The van der Waals surface area contributed by atoms with E-state index in [9.17, 15) is 9.59 Å². The van der Waals surface area contributed by atoms with Crippen molar-refractivity contribution in [2.24, 2.45) is 5.92 Å². The van der Waals surface area contributed by atoms with Gasteiger partial charge in [-0.15, -0.1) is 0 Å². The van der Waals surface area contributed by atoms with E-state index in [0.29, 0.717) is 12.3 Å². The SMILES string of the molecule is CC(=O)CC(C)C.CCC(C)=O.Cc1ccccc1. The average molecular weight is 264 g/mol. The molecule has 0 bridgehead atoms. The zero-order chi connectivity index (χ0) is 15.3. The Kier molecular flexibility index (Phi) is 13.6. The summed E-state index contributed by atoms with van der Waals surface area (Å²) in [6, 6.07) is 10.3. The first-order valence-corrected chi connectivity index (χ1v) is 6.80. The molecule has 0 aromatic heterocycles. The number of hydrogen-bond donors (Lipinski definition) is 0. The highest BCUT2D eigenvalue weighted by Crippen LogP contribution is 1.97. The lowest BCUT2D eigenvalue weighted by molar-refractivity contribution is -0.118. The fourth-order valence-corrected chi connectivity index (χ4v) is 1.11. The lowest BCUT2D eigenvalue weighted by Crippen LogP contribution is -1.95. The Bertz CT molecular complexity index is 340. The van der Waals surface area contributed by atoms with Gasteiger partial charge in [-0.2, -0.15) is 0 Å². The van der Waals surface area contributed by atoms with Crippen LogP contribution in [0.2, 0.25) is 0 Å². The first-order chi connectivity index (χ1) is 8.79. The van der Waals surface area contributed by atoms with Crippen molar-refractivity contribution in [2.45, 2.75) is 54.4 Å². The van der Waals surface area contributed by atoms with Crippen LogP contribution in [0.15, 0.2) is 30.3 Å². The molecule has 0 unspecified atom stereocenters. The van der Waals surface area contributed by atoms with Crippen LogP contribution in [0, 0.1) is 12.8 Å². The van der Waals surface area contributed by atoms with Crippen LogP contribution in [0.5, 0.6) is 0 Å². The van der Waals surface area contributed by atoms with Crippen LogP contribution in [0.3, 0.4) is 0 Å². The number of hydrogen-bond acceptors (Lipinski definition) is 2. The first-order valence-electron chi connectivity index (χ1n) is 6.80. The van der Waals surface area contributed by atoms with Gasteiger partial charge in [-0.05, 0) is 26.7 Å². The Labute approximate surface area is 118 Å². The molecule has 0 aliphatic heterocycles. The lowest BCUT2D eigenvalue weighted by atomic mass is 10.1. The Morgan fingerprint density at radius 2 is 1.42 bits per heavy atom. The second-order valence-corrected chi connectivity index (χ2v) is 5.01. The van der Waals surface area contributed by atoms with Crippen molar-refractivity contribution in [3.05, 3.63) is 35.9 Å². The van der Waals surface area contributed by atoms with Crippen LogP contribution in [0.1, 0.15) is 53.0 Å². The van der Waals surface area contributed by atoms with Crippen molar-refractivity contribution < 1.29 is 9.59 Å². The molecule has 0 heterocycles. The summed E-state index contributed by atoms with van der Waals surface area (Å²) in [6.07, 6.45) is 1.39. The molecule has 1 aromatic carbocycles. The number of aryl methyl sites for hydroxylation is 1. The molecule has 19 heavy (non-hydrogen) atoms. The number of carbonyl (C=O) groups is 2. The molecule has 0 aliphatic rings. The average Bonchev–Trinajstić information content (AvgIpc) is 2.29. The molecule has 0 amide bonds. The first kappa shape index (κ1) is 19.9. The Morgan fingerprint density at radius 1 is 1.00 bits per heavy atom. The number of Topliss-reactive ketones (excluding diaryl/α,β-unsaturated/α-hetero) is 2. The van der Waals surface area contributed by atoms with Gasteiger partial charge in [-0.1, -0.05) is 56.7 Å². The van der Waals surface area contributed by atoms with Crippen LogP contribution in [-0.4, -0.2) is 11.6 Å². The van der Waals surface area contributed by atoms with Crippen molar-refractivity contribution in [3.8, 4) is 0 Å². The van der Waals surface area contributed by atoms with E-state index in [4.69, 9.17) is 0 Å². The van der Waals surface area contributed by atoms with E-state index in [1.54, 1.807) is 13.8 Å². The summed E-state index contributed by atoms with van der Waals surface area (Å²) in [4.78, 5) is 20.1. The van der Waals surface area contributed by atoms with Crippen LogP contribution in [0.4, 0.5) is 0 Å². The summed E-state index contributed by atoms with van der Waals surface area (Å²) in [5, 5.41) is 0. The Balaban J connectivity index is 0. The second-order valence-electron chi connectivity index (χ2n) is 5.01. The molecule has 1 rings (SSSR count). The third-order valence-corrected chi connectivity index (χ3v) is 2.13. The summed E-state index contributed by atoms with van der Waals surface area (Å²) in [5.41, 5.74) is 1.32. The zero-order valence-corrected chi connectivity index (χ0v) is 13.2. The number of carbonyl (C=O) groups excluding carboxylic acids is 2. The van der Waals surface area contributed by atoms with Crippen molar-refractivity contribution in [1.29, 1.82) is 0 Å². The van der Waals surface area contributed by atoms with Gasteiger partial charge in [-0.25, -0.2) is 0 Å². The predicted molar refractivity (Wildman–Crippen MR) is 82.3 cm³/mol. The van der Waals surface area contributed by atoms with E-state index in [1.165, 1.54) is 5.56 Å². The Hall–Kier alpha value is -1.44. The van der Waals surface area contributed by atoms with Gasteiger partial charge in [-0.3, -0.25) is 0 Å². The fraction of sp³-hybridized carbons (Fsp3) is 0.529. The molecule has 2 nitrogen and oxygen atoms in total. The highest BCUT2D eigenvalue weighted by molar-refractivity contribution is 5.75. The maximum absolute atomic E-state index is 10.3. The molecule has 2 heteroatoms. The molecule has 0 radical (unpaired) electrons. The number of ketones is 2. The van der Waals surface area contributed by atoms with E-state index >= 15 is 0 Å². The largest absolute Gasteiger partial charge is 0.300 e. The number of benzene rings is 1. The molecule has 0 N–H and O–H groups in total. The molecule has 0 aliphatic carbocycles. The monoisotopic (exact) mass is 264 g/mol. The maximum atomic E-state index is 10.3. The van der Waals surface area contributed by atoms with E-state index < -0.39 is 0 Å². The van der Waals surface area contributed by atoms with Gasteiger partial charge >= 0.3 is 0 Å². The van der Waals surface area contributed by atoms with Gasteiger partial charge < -0.3 is 9.59 Å². The summed E-state index contributed by atoms with van der Waals surface area (Å²) in [7, 11) is 0.